The maximum Gasteiger partial charge on any atom is 0.104 e. The third-order valence-electron chi connectivity index (χ3n) is 3.42. The summed E-state index contributed by atoms with van der Waals surface area (Å²) in [6.07, 6.45) is 3.78. The molecule has 3 nitrogen and oxygen atoms in total. The van der Waals surface area contributed by atoms with Crippen molar-refractivity contribution in [2.75, 3.05) is 13.6 Å². The monoisotopic (exact) mass is 223 g/mol. The fourth-order valence-electron chi connectivity index (χ4n) is 2.55. The van der Waals surface area contributed by atoms with Crippen LogP contribution in [0.2, 0.25) is 0 Å². The Morgan fingerprint density at radius 2 is 1.88 bits per heavy atom. The summed E-state index contributed by atoms with van der Waals surface area (Å²) in [5.41, 5.74) is 5.75. The molecule has 1 rings (SSSR count). The number of hydrogen-bond acceptors (Lipinski definition) is 3. The first-order chi connectivity index (χ1) is 7.26. The van der Waals surface area contributed by atoms with Crippen molar-refractivity contribution in [1.82, 2.24) is 4.90 Å². The average Bonchev–Trinajstić information content (AvgIpc) is 2.16. The predicted octanol–water partition coefficient (Wildman–Crippen LogP) is 2.13. The molecule has 0 aromatic rings. The van der Waals surface area contributed by atoms with Crippen LogP contribution in [-0.4, -0.2) is 30.1 Å². The number of nitrogens with zero attached hydrogens (tertiary/aromatic N) is 2. The maximum atomic E-state index is 8.97. The molecule has 92 valence electrons. The molecular formula is C13H25N3. The van der Waals surface area contributed by atoms with Crippen LogP contribution in [0.4, 0.5) is 0 Å². The minimum absolute atomic E-state index is 0.335. The van der Waals surface area contributed by atoms with Crippen molar-refractivity contribution < 1.29 is 0 Å². The maximum absolute atomic E-state index is 8.97. The Morgan fingerprint density at radius 1 is 1.38 bits per heavy atom. The number of rotatable bonds is 2. The zero-order valence-corrected chi connectivity index (χ0v) is 11.1. The van der Waals surface area contributed by atoms with Crippen LogP contribution in [0, 0.1) is 16.7 Å². The molecule has 2 N–H and O–H groups in total. The van der Waals surface area contributed by atoms with Crippen molar-refractivity contribution in [3.8, 4) is 6.07 Å². The van der Waals surface area contributed by atoms with Crippen molar-refractivity contribution in [1.29, 1.82) is 5.26 Å². The van der Waals surface area contributed by atoms with E-state index < -0.39 is 5.54 Å². The molecule has 0 amide bonds. The summed E-state index contributed by atoms with van der Waals surface area (Å²) < 4.78 is 0. The summed E-state index contributed by atoms with van der Waals surface area (Å²) >= 11 is 0. The van der Waals surface area contributed by atoms with E-state index in [9.17, 15) is 0 Å². The van der Waals surface area contributed by atoms with Crippen LogP contribution in [0.1, 0.15) is 46.5 Å². The van der Waals surface area contributed by atoms with Gasteiger partial charge >= 0.3 is 0 Å². The van der Waals surface area contributed by atoms with Crippen LogP contribution < -0.4 is 5.73 Å². The normalized spacial score (nSPS) is 31.4. The second-order valence-electron chi connectivity index (χ2n) is 6.47. The predicted molar refractivity (Wildman–Crippen MR) is 66.9 cm³/mol. The van der Waals surface area contributed by atoms with E-state index in [1.54, 1.807) is 0 Å². The zero-order chi connectivity index (χ0) is 12.4. The Balaban J connectivity index is 2.46. The Labute approximate surface area is 99.6 Å². The topological polar surface area (TPSA) is 53.0 Å². The van der Waals surface area contributed by atoms with E-state index in [0.717, 1.165) is 32.2 Å². The van der Waals surface area contributed by atoms with E-state index >= 15 is 0 Å². The fourth-order valence-corrected chi connectivity index (χ4v) is 2.55. The van der Waals surface area contributed by atoms with Crippen LogP contribution >= 0.6 is 0 Å². The van der Waals surface area contributed by atoms with Crippen molar-refractivity contribution in [3.05, 3.63) is 0 Å². The molecule has 1 aliphatic carbocycles. The van der Waals surface area contributed by atoms with Gasteiger partial charge in [-0.3, -0.25) is 0 Å². The first-order valence-corrected chi connectivity index (χ1v) is 6.16. The van der Waals surface area contributed by atoms with Gasteiger partial charge in [0.05, 0.1) is 6.07 Å². The van der Waals surface area contributed by atoms with Crippen LogP contribution in [0.5, 0.6) is 0 Å². The Bertz CT molecular complexity index is 264. The quantitative estimate of drug-likeness (QED) is 0.780. The van der Waals surface area contributed by atoms with Gasteiger partial charge in [-0.15, -0.1) is 0 Å². The van der Waals surface area contributed by atoms with Gasteiger partial charge in [-0.25, -0.2) is 0 Å². The summed E-state index contributed by atoms with van der Waals surface area (Å²) in [7, 11) is 2.19. The highest BCUT2D eigenvalue weighted by Crippen LogP contribution is 2.29. The van der Waals surface area contributed by atoms with Gasteiger partial charge in [0, 0.05) is 12.6 Å². The molecule has 0 radical (unpaired) electrons. The molecule has 0 aromatic carbocycles. The molecule has 16 heavy (non-hydrogen) atoms. The van der Waals surface area contributed by atoms with E-state index in [0.29, 0.717) is 11.5 Å². The van der Waals surface area contributed by atoms with Gasteiger partial charge < -0.3 is 10.6 Å². The van der Waals surface area contributed by atoms with Gasteiger partial charge in [0.25, 0.3) is 0 Å². The van der Waals surface area contributed by atoms with Gasteiger partial charge in [0.15, 0.2) is 0 Å². The standard InChI is InChI=1S/C13H25N3/c1-12(2,3)10-16(4)11-5-7-13(15,9-14)8-6-11/h11H,5-8,10,15H2,1-4H3. The highest BCUT2D eigenvalue weighted by Gasteiger charge is 2.33. The number of hydrogen-bond donors (Lipinski definition) is 1. The summed E-state index contributed by atoms with van der Waals surface area (Å²) in [6, 6.07) is 2.85. The minimum Gasteiger partial charge on any atom is -0.313 e. The van der Waals surface area contributed by atoms with Crippen molar-refractivity contribution in [3.63, 3.8) is 0 Å². The summed E-state index contributed by atoms with van der Waals surface area (Å²) in [5, 5.41) is 8.97. The van der Waals surface area contributed by atoms with E-state index in [-0.39, 0.29) is 0 Å². The van der Waals surface area contributed by atoms with E-state index in [1.165, 1.54) is 0 Å². The second-order valence-corrected chi connectivity index (χ2v) is 6.47. The molecule has 0 aromatic heterocycles. The summed E-state index contributed by atoms with van der Waals surface area (Å²) in [6.45, 7) is 7.88. The highest BCUT2D eigenvalue weighted by atomic mass is 15.1. The molecule has 1 saturated carbocycles. The molecule has 3 heteroatoms. The van der Waals surface area contributed by atoms with Crippen LogP contribution in [0.25, 0.3) is 0 Å². The third-order valence-corrected chi connectivity index (χ3v) is 3.42. The van der Waals surface area contributed by atoms with Gasteiger partial charge in [0.1, 0.15) is 5.54 Å². The minimum atomic E-state index is -0.556. The van der Waals surface area contributed by atoms with Gasteiger partial charge in [0.2, 0.25) is 0 Å². The molecule has 0 heterocycles. The van der Waals surface area contributed by atoms with Crippen molar-refractivity contribution in [2.45, 2.75) is 58.0 Å². The molecule has 1 aliphatic rings. The number of nitrogens with two attached hydrogens (primary N) is 1. The SMILES string of the molecule is CN(CC(C)(C)C)C1CCC(N)(C#N)CC1. The van der Waals surface area contributed by atoms with Crippen LogP contribution in [-0.2, 0) is 0 Å². The lowest BCUT2D eigenvalue weighted by molar-refractivity contribution is 0.127. The fraction of sp³-hybridized carbons (Fsp3) is 0.923. The summed E-state index contributed by atoms with van der Waals surface area (Å²) in [4.78, 5) is 2.43. The molecule has 0 unspecified atom stereocenters. The Hall–Kier alpha value is -0.590. The molecule has 0 bridgehead atoms. The van der Waals surface area contributed by atoms with Crippen LogP contribution in [0.15, 0.2) is 0 Å². The third kappa shape index (κ3) is 3.77. The highest BCUT2D eigenvalue weighted by molar-refractivity contribution is 5.07. The first-order valence-electron chi connectivity index (χ1n) is 6.16. The van der Waals surface area contributed by atoms with E-state index in [4.69, 9.17) is 11.0 Å². The lowest BCUT2D eigenvalue weighted by atomic mass is 9.80. The summed E-state index contributed by atoms with van der Waals surface area (Å²) in [5.74, 6) is 0. The lowest BCUT2D eigenvalue weighted by Gasteiger charge is -2.39. The molecule has 0 spiro atoms. The second kappa shape index (κ2) is 4.73. The lowest BCUT2D eigenvalue weighted by Crippen LogP contribution is -2.48. The molecular weight excluding hydrogens is 198 g/mol. The van der Waals surface area contributed by atoms with Gasteiger partial charge in [-0.1, -0.05) is 20.8 Å². The smallest absolute Gasteiger partial charge is 0.104 e. The molecule has 0 atom stereocenters. The Morgan fingerprint density at radius 3 is 2.25 bits per heavy atom. The molecule has 1 fully saturated rings. The Kier molecular flexibility index (Phi) is 3.98. The number of nitriles is 1. The molecule has 0 aliphatic heterocycles. The average molecular weight is 223 g/mol. The largest absolute Gasteiger partial charge is 0.313 e. The first kappa shape index (κ1) is 13.5. The van der Waals surface area contributed by atoms with Crippen molar-refractivity contribution in [2.24, 2.45) is 11.1 Å². The van der Waals surface area contributed by atoms with E-state index in [1.807, 2.05) is 0 Å². The van der Waals surface area contributed by atoms with Gasteiger partial charge in [-0.2, -0.15) is 5.26 Å². The van der Waals surface area contributed by atoms with E-state index in [2.05, 4.69) is 38.8 Å². The zero-order valence-electron chi connectivity index (χ0n) is 11.1. The van der Waals surface area contributed by atoms with Gasteiger partial charge in [-0.05, 0) is 38.1 Å². The molecule has 0 saturated heterocycles. The van der Waals surface area contributed by atoms with Crippen LogP contribution in [0.3, 0.4) is 0 Å². The van der Waals surface area contributed by atoms with Crippen molar-refractivity contribution >= 4 is 0 Å².